The molecule has 2 aromatic carbocycles. The Morgan fingerprint density at radius 1 is 1.10 bits per heavy atom. The molecule has 0 aliphatic heterocycles. The summed E-state index contributed by atoms with van der Waals surface area (Å²) in [5.41, 5.74) is 5.19. The van der Waals surface area contributed by atoms with Crippen molar-refractivity contribution in [2.24, 2.45) is 10.7 Å². The van der Waals surface area contributed by atoms with E-state index in [4.69, 9.17) is 14.9 Å². The number of benzene rings is 2. The van der Waals surface area contributed by atoms with Crippen molar-refractivity contribution in [3.8, 4) is 5.75 Å². The molecule has 0 aliphatic carbocycles. The first kappa shape index (κ1) is 23.5. The van der Waals surface area contributed by atoms with Crippen molar-refractivity contribution >= 4 is 46.6 Å². The molecule has 0 aliphatic rings. The van der Waals surface area contributed by atoms with Gasteiger partial charge in [-0.25, -0.2) is 4.99 Å². The number of primary amides is 1. The van der Waals surface area contributed by atoms with Gasteiger partial charge in [0.15, 0.2) is 11.7 Å². The van der Waals surface area contributed by atoms with Gasteiger partial charge in [-0.05, 0) is 48.4 Å². The molecule has 0 unspecified atom stereocenters. The van der Waals surface area contributed by atoms with Crippen LogP contribution >= 0.6 is 24.0 Å². The van der Waals surface area contributed by atoms with Gasteiger partial charge in [0.05, 0.1) is 6.61 Å². The highest BCUT2D eigenvalue weighted by Gasteiger charge is 2.07. The minimum absolute atomic E-state index is 0. The number of nitrogens with one attached hydrogen (secondary N) is 2. The molecular formula is C22H27IN4O3. The molecule has 160 valence electrons. The number of carbonyl (C=O) groups excluding carboxylic acids is 1. The lowest BCUT2D eigenvalue weighted by Gasteiger charge is -2.11. The summed E-state index contributed by atoms with van der Waals surface area (Å²) in [6.45, 7) is 4.37. The first-order valence-corrected chi connectivity index (χ1v) is 9.68. The minimum atomic E-state index is -0.586. The summed E-state index contributed by atoms with van der Waals surface area (Å²) in [6, 6.07) is 17.6. The fourth-order valence-electron chi connectivity index (χ4n) is 2.82. The van der Waals surface area contributed by atoms with Crippen molar-refractivity contribution in [1.82, 2.24) is 10.6 Å². The van der Waals surface area contributed by atoms with Crippen molar-refractivity contribution in [2.45, 2.75) is 19.9 Å². The number of halogens is 1. The van der Waals surface area contributed by atoms with E-state index >= 15 is 0 Å². The lowest BCUT2D eigenvalue weighted by Crippen LogP contribution is -2.38. The van der Waals surface area contributed by atoms with Gasteiger partial charge >= 0.3 is 0 Å². The minimum Gasteiger partial charge on any atom is -0.494 e. The first-order chi connectivity index (χ1) is 14.2. The zero-order valence-electron chi connectivity index (χ0n) is 16.9. The Labute approximate surface area is 193 Å². The van der Waals surface area contributed by atoms with Gasteiger partial charge in [0.2, 0.25) is 0 Å². The Bertz CT molecular complexity index is 987. The summed E-state index contributed by atoms with van der Waals surface area (Å²) in [4.78, 5) is 15.5. The second-order valence-corrected chi connectivity index (χ2v) is 6.46. The maximum Gasteiger partial charge on any atom is 0.284 e. The molecule has 1 heterocycles. The summed E-state index contributed by atoms with van der Waals surface area (Å²) < 4.78 is 11.2. The Balaban J connectivity index is 0.00000320. The van der Waals surface area contributed by atoms with E-state index in [1.54, 1.807) is 12.1 Å². The molecule has 0 saturated heterocycles. The van der Waals surface area contributed by atoms with Crippen molar-refractivity contribution < 1.29 is 13.9 Å². The van der Waals surface area contributed by atoms with Crippen molar-refractivity contribution in [3.05, 3.63) is 66.1 Å². The molecule has 3 rings (SSSR count). The number of hydrogen-bond donors (Lipinski definition) is 3. The highest BCUT2D eigenvalue weighted by Crippen LogP contribution is 2.20. The zero-order chi connectivity index (χ0) is 20.5. The quantitative estimate of drug-likeness (QED) is 0.172. The van der Waals surface area contributed by atoms with Crippen LogP contribution in [-0.4, -0.2) is 31.6 Å². The van der Waals surface area contributed by atoms with Crippen molar-refractivity contribution in [1.29, 1.82) is 0 Å². The molecular weight excluding hydrogens is 495 g/mol. The smallest absolute Gasteiger partial charge is 0.284 e. The Morgan fingerprint density at radius 2 is 1.90 bits per heavy atom. The molecule has 8 heteroatoms. The Morgan fingerprint density at radius 3 is 2.63 bits per heavy atom. The van der Waals surface area contributed by atoms with Crippen LogP contribution in [0.25, 0.3) is 10.8 Å². The number of fused-ring (bicyclic) bond motifs is 1. The summed E-state index contributed by atoms with van der Waals surface area (Å²) in [5, 5.41) is 8.81. The van der Waals surface area contributed by atoms with Crippen LogP contribution in [0.2, 0.25) is 0 Å². The van der Waals surface area contributed by atoms with Crippen LogP contribution in [-0.2, 0) is 6.54 Å². The Kier molecular flexibility index (Phi) is 9.46. The summed E-state index contributed by atoms with van der Waals surface area (Å²) in [7, 11) is 0. The predicted molar refractivity (Wildman–Crippen MR) is 130 cm³/mol. The molecule has 0 saturated carbocycles. The number of furan rings is 1. The summed E-state index contributed by atoms with van der Waals surface area (Å²) in [5.74, 6) is 1.67. The SMILES string of the molecule is CCNC(=NCc1ccc(C(N)=O)o1)NCCCOc1ccc2ccccc2c1.I. The normalized spacial score (nSPS) is 11.0. The van der Waals surface area contributed by atoms with E-state index in [9.17, 15) is 4.79 Å². The van der Waals surface area contributed by atoms with Gasteiger partial charge in [-0.1, -0.05) is 30.3 Å². The zero-order valence-corrected chi connectivity index (χ0v) is 19.2. The number of guanidine groups is 1. The molecule has 0 radical (unpaired) electrons. The third-order valence-corrected chi connectivity index (χ3v) is 4.24. The number of nitrogens with zero attached hydrogens (tertiary/aromatic N) is 1. The molecule has 0 spiro atoms. The number of carbonyl (C=O) groups is 1. The lowest BCUT2D eigenvalue weighted by molar-refractivity contribution is 0.0972. The number of amides is 1. The third kappa shape index (κ3) is 6.94. The van der Waals surface area contributed by atoms with Gasteiger partial charge in [-0.15, -0.1) is 24.0 Å². The van der Waals surface area contributed by atoms with E-state index < -0.39 is 5.91 Å². The molecule has 4 N–H and O–H groups in total. The van der Waals surface area contributed by atoms with Gasteiger partial charge in [-0.3, -0.25) is 4.79 Å². The van der Waals surface area contributed by atoms with Crippen LogP contribution in [0.15, 0.2) is 64.0 Å². The van der Waals surface area contributed by atoms with Crippen LogP contribution in [0.5, 0.6) is 5.75 Å². The number of rotatable bonds is 9. The summed E-state index contributed by atoms with van der Waals surface area (Å²) >= 11 is 0. The number of ether oxygens (including phenoxy) is 1. The highest BCUT2D eigenvalue weighted by molar-refractivity contribution is 14.0. The van der Waals surface area contributed by atoms with E-state index in [1.807, 2.05) is 25.1 Å². The second-order valence-electron chi connectivity index (χ2n) is 6.46. The van der Waals surface area contributed by atoms with E-state index in [2.05, 4.69) is 39.9 Å². The standard InChI is InChI=1S/C22H26N4O3.HI/c1-2-24-22(26-15-19-10-11-20(29-19)21(23)27)25-12-5-13-28-18-9-8-16-6-3-4-7-17(16)14-18;/h3-4,6-11,14H,2,5,12-13,15H2,1H3,(H2,23,27)(H2,24,25,26);1H. The van der Waals surface area contributed by atoms with Gasteiger partial charge in [0.25, 0.3) is 5.91 Å². The number of aliphatic imine (C=N–C) groups is 1. The van der Waals surface area contributed by atoms with E-state index in [-0.39, 0.29) is 29.7 Å². The summed E-state index contributed by atoms with van der Waals surface area (Å²) in [6.07, 6.45) is 0.823. The van der Waals surface area contributed by atoms with E-state index in [1.165, 1.54) is 10.8 Å². The predicted octanol–water partition coefficient (Wildman–Crippen LogP) is 3.67. The van der Waals surface area contributed by atoms with Crippen LogP contribution < -0.4 is 21.1 Å². The number of hydrogen-bond acceptors (Lipinski definition) is 4. The van der Waals surface area contributed by atoms with Crippen LogP contribution in [0.1, 0.15) is 29.7 Å². The highest BCUT2D eigenvalue weighted by atomic mass is 127. The fraction of sp³-hybridized carbons (Fsp3) is 0.273. The maximum absolute atomic E-state index is 11.1. The van der Waals surface area contributed by atoms with Crippen molar-refractivity contribution in [2.75, 3.05) is 19.7 Å². The van der Waals surface area contributed by atoms with Crippen LogP contribution in [0, 0.1) is 0 Å². The molecule has 30 heavy (non-hydrogen) atoms. The van der Waals surface area contributed by atoms with Gasteiger partial charge in [0.1, 0.15) is 18.1 Å². The largest absolute Gasteiger partial charge is 0.494 e. The molecule has 3 aromatic rings. The Hall–Kier alpha value is -2.75. The third-order valence-electron chi connectivity index (χ3n) is 4.24. The topological polar surface area (TPSA) is 102 Å². The lowest BCUT2D eigenvalue weighted by atomic mass is 10.1. The van der Waals surface area contributed by atoms with Gasteiger partial charge in [0, 0.05) is 13.1 Å². The molecule has 0 fully saturated rings. The van der Waals surface area contributed by atoms with E-state index in [0.717, 1.165) is 18.7 Å². The first-order valence-electron chi connectivity index (χ1n) is 9.68. The van der Waals surface area contributed by atoms with E-state index in [0.29, 0.717) is 31.4 Å². The molecule has 1 amide bonds. The average molecular weight is 522 g/mol. The van der Waals surface area contributed by atoms with Crippen LogP contribution in [0.4, 0.5) is 0 Å². The number of nitrogens with two attached hydrogens (primary N) is 1. The molecule has 0 atom stereocenters. The average Bonchev–Trinajstić information content (AvgIpc) is 3.21. The molecule has 0 bridgehead atoms. The van der Waals surface area contributed by atoms with Crippen molar-refractivity contribution in [3.63, 3.8) is 0 Å². The second kappa shape index (κ2) is 12.1. The van der Waals surface area contributed by atoms with Gasteiger partial charge < -0.3 is 25.5 Å². The molecule has 1 aromatic heterocycles. The molecule has 7 nitrogen and oxygen atoms in total. The van der Waals surface area contributed by atoms with Gasteiger partial charge in [-0.2, -0.15) is 0 Å². The van der Waals surface area contributed by atoms with Crippen LogP contribution in [0.3, 0.4) is 0 Å². The monoisotopic (exact) mass is 522 g/mol. The maximum atomic E-state index is 11.1. The fourth-order valence-corrected chi connectivity index (χ4v) is 2.82.